The molecule has 0 aliphatic carbocycles. The lowest BCUT2D eigenvalue weighted by molar-refractivity contribution is -0.146. The predicted molar refractivity (Wildman–Crippen MR) is 68.6 cm³/mol. The molecule has 0 bridgehead atoms. The van der Waals surface area contributed by atoms with Crippen molar-refractivity contribution in [3.8, 4) is 0 Å². The van der Waals surface area contributed by atoms with Gasteiger partial charge in [0.2, 0.25) is 0 Å². The molecular formula is C14H21NO2. The highest BCUT2D eigenvalue weighted by molar-refractivity contribution is 5.74. The molecule has 1 aromatic carbocycles. The highest BCUT2D eigenvalue weighted by atomic mass is 16.5. The molecule has 1 unspecified atom stereocenters. The largest absolute Gasteiger partial charge is 0.460 e. The first-order chi connectivity index (χ1) is 7.80. The number of esters is 1. The highest BCUT2D eigenvalue weighted by Crippen LogP contribution is 2.22. The molecule has 94 valence electrons. The van der Waals surface area contributed by atoms with Crippen molar-refractivity contribution >= 4 is 5.97 Å². The maximum absolute atomic E-state index is 11.2. The summed E-state index contributed by atoms with van der Waals surface area (Å²) >= 11 is 0. The van der Waals surface area contributed by atoms with Crippen molar-refractivity contribution in [2.75, 3.05) is 0 Å². The minimum absolute atomic E-state index is 0.140. The van der Waals surface area contributed by atoms with Gasteiger partial charge in [0.15, 0.2) is 0 Å². The van der Waals surface area contributed by atoms with Crippen molar-refractivity contribution in [2.45, 2.75) is 45.8 Å². The molecule has 0 heterocycles. The van der Waals surface area contributed by atoms with E-state index in [0.717, 1.165) is 5.56 Å². The Morgan fingerprint density at radius 1 is 1.29 bits per heavy atom. The Hall–Kier alpha value is -1.35. The molecule has 0 saturated heterocycles. The van der Waals surface area contributed by atoms with Gasteiger partial charge in [-0.1, -0.05) is 45.0 Å². The van der Waals surface area contributed by atoms with E-state index in [1.807, 2.05) is 12.1 Å². The van der Waals surface area contributed by atoms with E-state index in [1.54, 1.807) is 6.92 Å². The van der Waals surface area contributed by atoms with E-state index in [-0.39, 0.29) is 18.0 Å². The van der Waals surface area contributed by atoms with Gasteiger partial charge in [-0.15, -0.1) is 0 Å². The van der Waals surface area contributed by atoms with Gasteiger partial charge in [-0.25, -0.2) is 0 Å². The lowest BCUT2D eigenvalue weighted by Crippen LogP contribution is -2.28. The minimum atomic E-state index is -0.566. The Bertz CT molecular complexity index is 374. The molecule has 0 amide bonds. The van der Waals surface area contributed by atoms with E-state index >= 15 is 0 Å². The van der Waals surface area contributed by atoms with Crippen molar-refractivity contribution in [3.63, 3.8) is 0 Å². The number of carbonyl (C=O) groups is 1. The zero-order chi connectivity index (χ0) is 13.1. The Balaban J connectivity index is 2.61. The molecule has 1 aromatic rings. The van der Waals surface area contributed by atoms with E-state index < -0.39 is 6.04 Å². The Kier molecular flexibility index (Phi) is 4.29. The van der Waals surface area contributed by atoms with Crippen LogP contribution in [0.5, 0.6) is 0 Å². The molecule has 0 radical (unpaired) electrons. The van der Waals surface area contributed by atoms with E-state index in [4.69, 9.17) is 10.5 Å². The topological polar surface area (TPSA) is 52.3 Å². The van der Waals surface area contributed by atoms with Gasteiger partial charge in [-0.2, -0.15) is 0 Å². The quantitative estimate of drug-likeness (QED) is 0.818. The lowest BCUT2D eigenvalue weighted by atomic mass is 9.87. The van der Waals surface area contributed by atoms with Crippen molar-refractivity contribution < 1.29 is 9.53 Å². The van der Waals surface area contributed by atoms with E-state index in [9.17, 15) is 4.79 Å². The normalized spacial score (nSPS) is 13.2. The minimum Gasteiger partial charge on any atom is -0.460 e. The predicted octanol–water partition coefficient (Wildman–Crippen LogP) is 2.37. The highest BCUT2D eigenvalue weighted by Gasteiger charge is 2.13. The molecule has 3 nitrogen and oxygen atoms in total. The van der Waals surface area contributed by atoms with Crippen LogP contribution in [0.1, 0.15) is 38.8 Å². The molecule has 3 heteroatoms. The number of hydrogen-bond donors (Lipinski definition) is 1. The van der Waals surface area contributed by atoms with Crippen LogP contribution in [0, 0.1) is 0 Å². The number of benzene rings is 1. The van der Waals surface area contributed by atoms with Crippen LogP contribution >= 0.6 is 0 Å². The number of ether oxygens (including phenoxy) is 1. The van der Waals surface area contributed by atoms with E-state index in [2.05, 4.69) is 32.9 Å². The van der Waals surface area contributed by atoms with Crippen molar-refractivity contribution in [1.82, 2.24) is 0 Å². The zero-order valence-electron chi connectivity index (χ0n) is 11.0. The number of nitrogens with two attached hydrogens (primary N) is 1. The van der Waals surface area contributed by atoms with Crippen LogP contribution in [0.3, 0.4) is 0 Å². The number of rotatable bonds is 3. The lowest BCUT2D eigenvalue weighted by Gasteiger charge is -2.19. The van der Waals surface area contributed by atoms with E-state index in [1.165, 1.54) is 5.56 Å². The average molecular weight is 235 g/mol. The summed E-state index contributed by atoms with van der Waals surface area (Å²) in [6.07, 6.45) is 0. The molecule has 0 saturated carbocycles. The maximum Gasteiger partial charge on any atom is 0.322 e. The number of carbonyl (C=O) groups excluding carboxylic acids is 1. The molecule has 2 N–H and O–H groups in total. The first-order valence-electron chi connectivity index (χ1n) is 5.82. The summed E-state index contributed by atoms with van der Waals surface area (Å²) in [4.78, 5) is 11.2. The molecular weight excluding hydrogens is 214 g/mol. The maximum atomic E-state index is 11.2. The van der Waals surface area contributed by atoms with Crippen LogP contribution in [0.4, 0.5) is 0 Å². The summed E-state index contributed by atoms with van der Waals surface area (Å²) in [6, 6.07) is 7.53. The number of hydrogen-bond acceptors (Lipinski definition) is 3. The third-order valence-electron chi connectivity index (χ3n) is 2.57. The summed E-state index contributed by atoms with van der Waals surface area (Å²) in [5.74, 6) is -0.370. The van der Waals surface area contributed by atoms with Crippen LogP contribution in [0.15, 0.2) is 24.3 Å². The van der Waals surface area contributed by atoms with Crippen LogP contribution in [-0.4, -0.2) is 12.0 Å². The summed E-state index contributed by atoms with van der Waals surface area (Å²) in [6.45, 7) is 8.39. The van der Waals surface area contributed by atoms with Gasteiger partial charge in [0.25, 0.3) is 0 Å². The van der Waals surface area contributed by atoms with Crippen LogP contribution < -0.4 is 5.73 Å². The van der Waals surface area contributed by atoms with Gasteiger partial charge in [-0.3, -0.25) is 4.79 Å². The first kappa shape index (κ1) is 13.7. The molecule has 17 heavy (non-hydrogen) atoms. The van der Waals surface area contributed by atoms with Crippen molar-refractivity contribution in [1.29, 1.82) is 0 Å². The summed E-state index contributed by atoms with van der Waals surface area (Å²) < 4.78 is 5.05. The van der Waals surface area contributed by atoms with Gasteiger partial charge < -0.3 is 10.5 Å². The van der Waals surface area contributed by atoms with Gasteiger partial charge in [0, 0.05) is 0 Å². The molecule has 0 spiro atoms. The molecule has 1 rings (SSSR count). The fourth-order valence-electron chi connectivity index (χ4n) is 1.39. The van der Waals surface area contributed by atoms with Crippen molar-refractivity contribution in [2.24, 2.45) is 5.73 Å². The second kappa shape index (κ2) is 5.32. The Morgan fingerprint density at radius 3 is 2.24 bits per heavy atom. The molecule has 1 atom stereocenters. The second-order valence-electron chi connectivity index (χ2n) is 5.34. The van der Waals surface area contributed by atoms with Crippen LogP contribution in [0.25, 0.3) is 0 Å². The third kappa shape index (κ3) is 4.19. The fourth-order valence-corrected chi connectivity index (χ4v) is 1.39. The second-order valence-corrected chi connectivity index (χ2v) is 5.34. The van der Waals surface area contributed by atoms with Gasteiger partial charge in [0.1, 0.15) is 12.6 Å². The van der Waals surface area contributed by atoms with Gasteiger partial charge in [0.05, 0.1) is 0 Å². The van der Waals surface area contributed by atoms with Gasteiger partial charge in [-0.05, 0) is 23.5 Å². The first-order valence-corrected chi connectivity index (χ1v) is 5.82. The fraction of sp³-hybridized carbons (Fsp3) is 0.500. The standard InChI is InChI=1S/C14H21NO2/c1-10(15)13(16)17-9-11-5-7-12(8-6-11)14(2,3)4/h5-8,10H,9,15H2,1-4H3. The summed E-state index contributed by atoms with van der Waals surface area (Å²) in [5.41, 5.74) is 7.79. The van der Waals surface area contributed by atoms with Crippen LogP contribution in [0.2, 0.25) is 0 Å². The summed E-state index contributed by atoms with van der Waals surface area (Å²) in [7, 11) is 0. The SMILES string of the molecule is CC(N)C(=O)OCc1ccc(C(C)(C)C)cc1. The smallest absolute Gasteiger partial charge is 0.322 e. The zero-order valence-corrected chi connectivity index (χ0v) is 11.0. The third-order valence-corrected chi connectivity index (χ3v) is 2.57. The van der Waals surface area contributed by atoms with Gasteiger partial charge >= 0.3 is 5.97 Å². The molecule has 0 aliphatic heterocycles. The van der Waals surface area contributed by atoms with Crippen molar-refractivity contribution in [3.05, 3.63) is 35.4 Å². The van der Waals surface area contributed by atoms with Crippen LogP contribution in [-0.2, 0) is 21.6 Å². The summed E-state index contributed by atoms with van der Waals surface area (Å²) in [5, 5.41) is 0. The average Bonchev–Trinajstić information content (AvgIpc) is 2.25. The molecule has 0 fully saturated rings. The molecule has 0 aromatic heterocycles. The van der Waals surface area contributed by atoms with E-state index in [0.29, 0.717) is 0 Å². The molecule has 0 aliphatic rings. The Labute approximate surface area is 103 Å². The Morgan fingerprint density at radius 2 is 1.82 bits per heavy atom. The monoisotopic (exact) mass is 235 g/mol.